The first-order valence-corrected chi connectivity index (χ1v) is 7.66. The highest BCUT2D eigenvalue weighted by atomic mass is 16.6. The molecule has 0 aliphatic carbocycles. The molecule has 0 heterocycles. The lowest BCUT2D eigenvalue weighted by atomic mass is 10.0. The van der Waals surface area contributed by atoms with Gasteiger partial charge in [-0.15, -0.1) is 0 Å². The topological polar surface area (TPSA) is 142 Å². The zero-order valence-electron chi connectivity index (χ0n) is 13.6. The van der Waals surface area contributed by atoms with Crippen LogP contribution in [-0.4, -0.2) is 39.0 Å². The lowest BCUT2D eigenvalue weighted by Gasteiger charge is -2.18. The number of aromatic hydroxyl groups is 1. The van der Waals surface area contributed by atoms with E-state index >= 15 is 0 Å². The first-order chi connectivity index (χ1) is 12.4. The number of ether oxygens (including phenoxy) is 1. The summed E-state index contributed by atoms with van der Waals surface area (Å²) < 4.78 is 4.97. The Morgan fingerprint density at radius 3 is 2.54 bits per heavy atom. The highest BCUT2D eigenvalue weighted by molar-refractivity contribution is 5.67. The van der Waals surface area contributed by atoms with Crippen LogP contribution >= 0.6 is 0 Å². The summed E-state index contributed by atoms with van der Waals surface area (Å²) in [5.74, 6) is -0.553. The molecule has 2 rings (SSSR count). The molecule has 138 valence electrons. The van der Waals surface area contributed by atoms with Crippen molar-refractivity contribution in [3.63, 3.8) is 0 Å². The number of nitro benzene ring substituents is 1. The summed E-state index contributed by atoms with van der Waals surface area (Å²) in [4.78, 5) is 21.6. The molecule has 0 aliphatic heterocycles. The second-order valence-electron chi connectivity index (χ2n) is 5.46. The second-order valence-corrected chi connectivity index (χ2v) is 5.46. The van der Waals surface area contributed by atoms with Crippen LogP contribution in [-0.2, 0) is 11.3 Å². The summed E-state index contributed by atoms with van der Waals surface area (Å²) >= 11 is 0. The van der Waals surface area contributed by atoms with E-state index in [2.05, 4.69) is 5.32 Å². The summed E-state index contributed by atoms with van der Waals surface area (Å²) in [7, 11) is 0. The Hall–Kier alpha value is -3.17. The first-order valence-electron chi connectivity index (χ1n) is 7.66. The molecule has 0 aromatic heterocycles. The minimum atomic E-state index is -1.50. The van der Waals surface area contributed by atoms with Gasteiger partial charge in [-0.1, -0.05) is 36.4 Å². The van der Waals surface area contributed by atoms with E-state index in [9.17, 15) is 30.2 Å². The van der Waals surface area contributed by atoms with Gasteiger partial charge in [-0.25, -0.2) is 4.79 Å². The summed E-state index contributed by atoms with van der Waals surface area (Å²) in [5, 5.41) is 42.5. The van der Waals surface area contributed by atoms with E-state index in [1.165, 1.54) is 6.07 Å². The van der Waals surface area contributed by atoms with Crippen LogP contribution in [0.25, 0.3) is 0 Å². The van der Waals surface area contributed by atoms with Gasteiger partial charge >= 0.3 is 11.8 Å². The van der Waals surface area contributed by atoms with Gasteiger partial charge in [-0.2, -0.15) is 0 Å². The number of amides is 1. The van der Waals surface area contributed by atoms with Gasteiger partial charge in [-0.3, -0.25) is 10.1 Å². The van der Waals surface area contributed by atoms with E-state index in [0.29, 0.717) is 0 Å². The van der Waals surface area contributed by atoms with Crippen LogP contribution in [0.4, 0.5) is 10.5 Å². The van der Waals surface area contributed by atoms with Crippen LogP contribution < -0.4 is 5.32 Å². The van der Waals surface area contributed by atoms with Crippen molar-refractivity contribution in [3.05, 3.63) is 69.8 Å². The molecule has 2 unspecified atom stereocenters. The highest BCUT2D eigenvalue weighted by Crippen LogP contribution is 2.29. The van der Waals surface area contributed by atoms with Crippen molar-refractivity contribution in [1.29, 1.82) is 0 Å². The molecule has 0 spiro atoms. The molecule has 0 aliphatic rings. The van der Waals surface area contributed by atoms with E-state index in [0.717, 1.165) is 17.7 Å². The number of aliphatic hydroxyl groups excluding tert-OH is 2. The maximum Gasteiger partial charge on any atom is 0.407 e. The Morgan fingerprint density at radius 1 is 1.19 bits per heavy atom. The van der Waals surface area contributed by atoms with Gasteiger partial charge in [0.1, 0.15) is 18.8 Å². The minimum Gasteiger partial charge on any atom is -0.502 e. The number of phenolic OH excluding ortho intramolecular Hbond substituents is 1. The minimum absolute atomic E-state index is 0.0291. The average molecular weight is 362 g/mol. The lowest BCUT2D eigenvalue weighted by molar-refractivity contribution is -0.386. The number of nitro groups is 1. The van der Waals surface area contributed by atoms with Crippen LogP contribution in [0.1, 0.15) is 17.2 Å². The zero-order valence-corrected chi connectivity index (χ0v) is 13.6. The molecule has 0 saturated heterocycles. The van der Waals surface area contributed by atoms with E-state index in [4.69, 9.17) is 4.74 Å². The van der Waals surface area contributed by atoms with Gasteiger partial charge in [0, 0.05) is 12.6 Å². The van der Waals surface area contributed by atoms with Crippen molar-refractivity contribution in [2.24, 2.45) is 0 Å². The van der Waals surface area contributed by atoms with Crippen molar-refractivity contribution >= 4 is 11.8 Å². The summed E-state index contributed by atoms with van der Waals surface area (Å²) in [6, 6.07) is 12.2. The Morgan fingerprint density at radius 2 is 1.88 bits per heavy atom. The van der Waals surface area contributed by atoms with Gasteiger partial charge in [0.25, 0.3) is 0 Å². The monoisotopic (exact) mass is 362 g/mol. The molecule has 0 bridgehead atoms. The van der Waals surface area contributed by atoms with Crippen LogP contribution in [0.5, 0.6) is 5.75 Å². The van der Waals surface area contributed by atoms with Crippen molar-refractivity contribution in [2.75, 3.05) is 6.54 Å². The number of carbonyl (C=O) groups is 1. The highest BCUT2D eigenvalue weighted by Gasteiger charge is 2.23. The van der Waals surface area contributed by atoms with E-state index in [1.54, 1.807) is 24.3 Å². The van der Waals surface area contributed by atoms with Crippen LogP contribution in [0.2, 0.25) is 0 Å². The van der Waals surface area contributed by atoms with Crippen molar-refractivity contribution in [3.8, 4) is 5.75 Å². The summed E-state index contributed by atoms with van der Waals surface area (Å²) in [5.41, 5.74) is 0.227. The quantitative estimate of drug-likeness (QED) is 0.433. The van der Waals surface area contributed by atoms with Gasteiger partial charge < -0.3 is 25.4 Å². The van der Waals surface area contributed by atoms with Crippen LogP contribution in [0, 0.1) is 10.1 Å². The Labute approximate surface area is 148 Å². The van der Waals surface area contributed by atoms with Gasteiger partial charge in [0.15, 0.2) is 5.75 Å². The SMILES string of the molecule is O=C(NCC(O)C(O)c1ccc(O)c([N+](=O)[O-])c1)OCc1ccccc1. The molecule has 9 nitrogen and oxygen atoms in total. The molecule has 2 aromatic carbocycles. The molecule has 2 atom stereocenters. The van der Waals surface area contributed by atoms with Crippen molar-refractivity contribution in [2.45, 2.75) is 18.8 Å². The number of alkyl carbamates (subject to hydrolysis) is 1. The fourth-order valence-corrected chi connectivity index (χ4v) is 2.17. The predicted molar refractivity (Wildman–Crippen MR) is 90.4 cm³/mol. The number of benzene rings is 2. The second kappa shape index (κ2) is 8.79. The third-order valence-electron chi connectivity index (χ3n) is 3.57. The van der Waals surface area contributed by atoms with E-state index in [1.807, 2.05) is 6.07 Å². The molecular weight excluding hydrogens is 344 g/mol. The van der Waals surface area contributed by atoms with Crippen LogP contribution in [0.3, 0.4) is 0 Å². The third kappa shape index (κ3) is 5.16. The normalized spacial score (nSPS) is 12.8. The molecule has 0 saturated carbocycles. The molecule has 2 aromatic rings. The molecule has 0 radical (unpaired) electrons. The maximum atomic E-state index is 11.6. The number of carbonyl (C=O) groups excluding carboxylic acids is 1. The Kier molecular flexibility index (Phi) is 6.48. The van der Waals surface area contributed by atoms with Gasteiger partial charge in [0.05, 0.1) is 4.92 Å². The van der Waals surface area contributed by atoms with E-state index in [-0.39, 0.29) is 18.7 Å². The number of phenols is 1. The van der Waals surface area contributed by atoms with Crippen molar-refractivity contribution < 1.29 is 29.8 Å². The molecule has 1 amide bonds. The number of aliphatic hydroxyl groups is 2. The first kappa shape index (κ1) is 19.2. The lowest BCUT2D eigenvalue weighted by Crippen LogP contribution is -2.35. The standard InChI is InChI=1S/C17H18N2O7/c20-14-7-6-12(8-13(14)19(24)25)16(22)15(21)9-18-17(23)26-10-11-4-2-1-3-5-11/h1-8,15-16,20-22H,9-10H2,(H,18,23). The van der Waals surface area contributed by atoms with E-state index < -0.39 is 34.7 Å². The largest absolute Gasteiger partial charge is 0.502 e. The predicted octanol–water partition coefficient (Wildman–Crippen LogP) is 1.62. The van der Waals surface area contributed by atoms with Gasteiger partial charge in [0.2, 0.25) is 0 Å². The summed E-state index contributed by atoms with van der Waals surface area (Å²) in [6.07, 6.45) is -3.70. The zero-order chi connectivity index (χ0) is 19.1. The number of nitrogens with zero attached hydrogens (tertiary/aromatic N) is 1. The molecular formula is C17H18N2O7. The number of nitrogens with one attached hydrogen (secondary N) is 1. The fraction of sp³-hybridized carbons (Fsp3) is 0.235. The molecule has 26 heavy (non-hydrogen) atoms. The Bertz CT molecular complexity index is 767. The molecule has 4 N–H and O–H groups in total. The smallest absolute Gasteiger partial charge is 0.407 e. The van der Waals surface area contributed by atoms with Crippen molar-refractivity contribution in [1.82, 2.24) is 5.32 Å². The number of rotatable bonds is 7. The molecule has 0 fully saturated rings. The maximum absolute atomic E-state index is 11.6. The third-order valence-corrected chi connectivity index (χ3v) is 3.57. The summed E-state index contributed by atoms with van der Waals surface area (Å²) in [6.45, 7) is -0.279. The average Bonchev–Trinajstić information content (AvgIpc) is 2.64. The van der Waals surface area contributed by atoms with Crippen LogP contribution in [0.15, 0.2) is 48.5 Å². The Balaban J connectivity index is 1.86. The molecule has 9 heteroatoms. The van der Waals surface area contributed by atoms with Gasteiger partial charge in [-0.05, 0) is 17.2 Å². The number of hydrogen-bond acceptors (Lipinski definition) is 7. The fourth-order valence-electron chi connectivity index (χ4n) is 2.17. The number of hydrogen-bond donors (Lipinski definition) is 4.